The smallest absolute Gasteiger partial charge is 0.273 e. The van der Waals surface area contributed by atoms with Gasteiger partial charge in [-0.15, -0.1) is 0 Å². The van der Waals surface area contributed by atoms with Crippen LogP contribution in [-0.2, 0) is 4.79 Å². The maximum absolute atomic E-state index is 13.7. The summed E-state index contributed by atoms with van der Waals surface area (Å²) in [5, 5.41) is 13.1. The fourth-order valence-electron chi connectivity index (χ4n) is 1.75. The molecule has 0 aliphatic carbocycles. The lowest BCUT2D eigenvalue weighted by Gasteiger charge is -2.15. The van der Waals surface area contributed by atoms with E-state index >= 15 is 0 Å². The summed E-state index contributed by atoms with van der Waals surface area (Å²) in [7, 11) is 0. The zero-order valence-corrected chi connectivity index (χ0v) is 13.5. The van der Waals surface area contributed by atoms with Crippen LogP contribution in [0.25, 0.3) is 0 Å². The second-order valence-corrected chi connectivity index (χ2v) is 5.54. The van der Waals surface area contributed by atoms with E-state index in [0.29, 0.717) is 4.47 Å². The van der Waals surface area contributed by atoms with E-state index in [1.54, 1.807) is 6.07 Å². The summed E-state index contributed by atoms with van der Waals surface area (Å²) in [4.78, 5) is 22.2. The van der Waals surface area contributed by atoms with E-state index in [-0.39, 0.29) is 17.1 Å². The second kappa shape index (κ2) is 7.19. The van der Waals surface area contributed by atoms with Crippen molar-refractivity contribution in [2.75, 3.05) is 5.32 Å². The molecule has 0 heterocycles. The van der Waals surface area contributed by atoms with E-state index in [1.165, 1.54) is 43.3 Å². The number of carbonyl (C=O) groups is 1. The monoisotopic (exact) mass is 382 g/mol. The highest BCUT2D eigenvalue weighted by Gasteiger charge is 2.17. The highest BCUT2D eigenvalue weighted by Crippen LogP contribution is 2.22. The molecule has 6 nitrogen and oxygen atoms in total. The Morgan fingerprint density at radius 3 is 2.74 bits per heavy atom. The van der Waals surface area contributed by atoms with Gasteiger partial charge in [-0.05, 0) is 31.2 Å². The van der Waals surface area contributed by atoms with Crippen molar-refractivity contribution in [3.8, 4) is 5.75 Å². The number of hydrogen-bond donors (Lipinski definition) is 1. The average molecular weight is 383 g/mol. The van der Waals surface area contributed by atoms with Gasteiger partial charge in [0, 0.05) is 10.5 Å². The maximum Gasteiger partial charge on any atom is 0.273 e. The summed E-state index contributed by atoms with van der Waals surface area (Å²) in [6.45, 7) is 1.46. The molecule has 2 rings (SSSR count). The third-order valence-electron chi connectivity index (χ3n) is 2.90. The summed E-state index contributed by atoms with van der Waals surface area (Å²) in [6.07, 6.45) is -0.958. The molecule has 120 valence electrons. The number of carbonyl (C=O) groups excluding carboxylic acids is 1. The predicted molar refractivity (Wildman–Crippen MR) is 85.9 cm³/mol. The molecule has 1 amide bonds. The van der Waals surface area contributed by atoms with Gasteiger partial charge in [-0.3, -0.25) is 14.9 Å². The van der Waals surface area contributed by atoms with Crippen molar-refractivity contribution in [3.63, 3.8) is 0 Å². The van der Waals surface area contributed by atoms with Crippen LogP contribution in [0.2, 0.25) is 0 Å². The van der Waals surface area contributed by atoms with Gasteiger partial charge in [-0.25, -0.2) is 4.39 Å². The van der Waals surface area contributed by atoms with Crippen LogP contribution < -0.4 is 10.1 Å². The molecular weight excluding hydrogens is 371 g/mol. The molecule has 0 spiro atoms. The predicted octanol–water partition coefficient (Wildman–Crippen LogP) is 3.90. The van der Waals surface area contributed by atoms with Crippen LogP contribution in [0.5, 0.6) is 5.75 Å². The van der Waals surface area contributed by atoms with Crippen LogP contribution in [0, 0.1) is 15.9 Å². The molecule has 1 atom stereocenters. The SMILES string of the molecule is C[C@H](Oc1cccc([N+](=O)[O-])c1)C(=O)Nc1ccc(Br)cc1F. The van der Waals surface area contributed by atoms with Gasteiger partial charge in [0.15, 0.2) is 6.10 Å². The zero-order valence-electron chi connectivity index (χ0n) is 12.0. The van der Waals surface area contributed by atoms with Crippen LogP contribution in [0.3, 0.4) is 0 Å². The Morgan fingerprint density at radius 2 is 2.09 bits per heavy atom. The molecular formula is C15H12BrFN2O4. The number of rotatable bonds is 5. The molecule has 0 aromatic heterocycles. The number of hydrogen-bond acceptors (Lipinski definition) is 4. The van der Waals surface area contributed by atoms with Crippen LogP contribution >= 0.6 is 15.9 Å². The summed E-state index contributed by atoms with van der Waals surface area (Å²) >= 11 is 3.12. The Hall–Kier alpha value is -2.48. The lowest BCUT2D eigenvalue weighted by atomic mass is 10.2. The van der Waals surface area contributed by atoms with Crippen LogP contribution in [0.15, 0.2) is 46.9 Å². The number of non-ortho nitro benzene ring substituents is 1. The first-order valence-electron chi connectivity index (χ1n) is 6.54. The first kappa shape index (κ1) is 16.9. The van der Waals surface area contributed by atoms with Crippen molar-refractivity contribution >= 4 is 33.2 Å². The third kappa shape index (κ3) is 4.49. The van der Waals surface area contributed by atoms with Gasteiger partial charge in [0.05, 0.1) is 16.7 Å². The molecule has 0 fully saturated rings. The van der Waals surface area contributed by atoms with E-state index < -0.39 is 22.8 Å². The molecule has 0 aliphatic rings. The number of amides is 1. The largest absolute Gasteiger partial charge is 0.481 e. The zero-order chi connectivity index (χ0) is 17.0. The van der Waals surface area contributed by atoms with Gasteiger partial charge in [-0.2, -0.15) is 0 Å². The van der Waals surface area contributed by atoms with E-state index in [4.69, 9.17) is 4.74 Å². The number of nitrogens with zero attached hydrogens (tertiary/aromatic N) is 1. The van der Waals surface area contributed by atoms with Crippen molar-refractivity contribution in [2.45, 2.75) is 13.0 Å². The van der Waals surface area contributed by atoms with E-state index in [2.05, 4.69) is 21.2 Å². The number of halogens is 2. The Kier molecular flexibility index (Phi) is 5.28. The van der Waals surface area contributed by atoms with Crippen molar-refractivity contribution in [2.24, 2.45) is 0 Å². The van der Waals surface area contributed by atoms with Gasteiger partial charge in [0.2, 0.25) is 0 Å². The average Bonchev–Trinajstić information content (AvgIpc) is 2.50. The molecule has 0 saturated heterocycles. The van der Waals surface area contributed by atoms with Gasteiger partial charge in [0.1, 0.15) is 11.6 Å². The fraction of sp³-hybridized carbons (Fsp3) is 0.133. The number of benzene rings is 2. The van der Waals surface area contributed by atoms with Gasteiger partial charge in [-0.1, -0.05) is 22.0 Å². The van der Waals surface area contributed by atoms with Gasteiger partial charge in [0.25, 0.3) is 11.6 Å². The van der Waals surface area contributed by atoms with Crippen molar-refractivity contribution in [1.29, 1.82) is 0 Å². The molecule has 8 heteroatoms. The highest BCUT2D eigenvalue weighted by atomic mass is 79.9. The molecule has 2 aromatic rings. The lowest BCUT2D eigenvalue weighted by Crippen LogP contribution is -2.30. The van der Waals surface area contributed by atoms with Crippen molar-refractivity contribution < 1.29 is 18.8 Å². The quantitative estimate of drug-likeness (QED) is 0.627. The van der Waals surface area contributed by atoms with Crippen LogP contribution in [0.1, 0.15) is 6.92 Å². The lowest BCUT2D eigenvalue weighted by molar-refractivity contribution is -0.384. The molecule has 0 saturated carbocycles. The molecule has 0 unspecified atom stereocenters. The molecule has 0 radical (unpaired) electrons. The van der Waals surface area contributed by atoms with Crippen LogP contribution in [0.4, 0.5) is 15.8 Å². The number of nitro benzene ring substituents is 1. The Balaban J connectivity index is 2.05. The summed E-state index contributed by atoms with van der Waals surface area (Å²) in [6, 6.07) is 9.70. The Morgan fingerprint density at radius 1 is 1.35 bits per heavy atom. The van der Waals surface area contributed by atoms with E-state index in [0.717, 1.165) is 0 Å². The number of nitro groups is 1. The number of nitrogens with one attached hydrogen (secondary N) is 1. The summed E-state index contributed by atoms with van der Waals surface area (Å²) < 4.78 is 19.6. The second-order valence-electron chi connectivity index (χ2n) is 4.63. The Labute approximate surface area is 139 Å². The summed E-state index contributed by atoms with van der Waals surface area (Å²) in [5.74, 6) is -0.980. The first-order valence-corrected chi connectivity index (χ1v) is 7.33. The minimum Gasteiger partial charge on any atom is -0.481 e. The van der Waals surface area contributed by atoms with E-state index in [9.17, 15) is 19.3 Å². The van der Waals surface area contributed by atoms with Crippen molar-refractivity contribution in [3.05, 3.63) is 62.9 Å². The Bertz CT molecular complexity index is 754. The minimum atomic E-state index is -0.958. The summed E-state index contributed by atoms with van der Waals surface area (Å²) in [5.41, 5.74) is -0.123. The first-order chi connectivity index (χ1) is 10.9. The normalized spacial score (nSPS) is 11.6. The van der Waals surface area contributed by atoms with Gasteiger partial charge >= 0.3 is 0 Å². The van der Waals surface area contributed by atoms with Crippen molar-refractivity contribution in [1.82, 2.24) is 0 Å². The fourth-order valence-corrected chi connectivity index (χ4v) is 2.09. The van der Waals surface area contributed by atoms with Gasteiger partial charge < -0.3 is 10.1 Å². The molecule has 0 bridgehead atoms. The number of anilines is 1. The number of ether oxygens (including phenoxy) is 1. The standard InChI is InChI=1S/C15H12BrFN2O4/c1-9(23-12-4-2-3-11(8-12)19(21)22)15(20)18-14-6-5-10(16)7-13(14)17/h2-9H,1H3,(H,18,20)/t9-/m0/s1. The topological polar surface area (TPSA) is 81.5 Å². The maximum atomic E-state index is 13.7. The minimum absolute atomic E-state index is 0.0210. The van der Waals surface area contributed by atoms with Crippen LogP contribution in [-0.4, -0.2) is 16.9 Å². The third-order valence-corrected chi connectivity index (χ3v) is 3.39. The van der Waals surface area contributed by atoms with E-state index in [1.807, 2.05) is 0 Å². The molecule has 2 aromatic carbocycles. The molecule has 0 aliphatic heterocycles. The molecule has 1 N–H and O–H groups in total. The highest BCUT2D eigenvalue weighted by molar-refractivity contribution is 9.10. The molecule has 23 heavy (non-hydrogen) atoms.